The number of carbonyl (C=O) groups is 1. The van der Waals surface area contributed by atoms with Crippen molar-refractivity contribution in [1.82, 2.24) is 4.98 Å². The van der Waals surface area contributed by atoms with Gasteiger partial charge in [0.2, 0.25) is 0 Å². The molecule has 1 saturated heterocycles. The fourth-order valence-corrected chi connectivity index (χ4v) is 1.47. The lowest BCUT2D eigenvalue weighted by atomic mass is 10.0. The van der Waals surface area contributed by atoms with E-state index in [2.05, 4.69) is 4.98 Å². The molecule has 2 unspecified atom stereocenters. The minimum Gasteiger partial charge on any atom is -0.456 e. The predicted molar refractivity (Wildman–Crippen MR) is 46.8 cm³/mol. The van der Waals surface area contributed by atoms with Crippen LogP contribution in [0.25, 0.3) is 0 Å². The standard InChI is InChI=1S/C10H8N2O2/c11-6-8-5-9(14-10(8)13)7-1-3-12-4-2-7/h1-4,8-9H,5H2. The van der Waals surface area contributed by atoms with Crippen LogP contribution >= 0.6 is 0 Å². The number of aromatic nitrogens is 1. The van der Waals surface area contributed by atoms with Gasteiger partial charge in [0.25, 0.3) is 0 Å². The molecule has 1 aromatic heterocycles. The topological polar surface area (TPSA) is 63.0 Å². The molecule has 0 spiro atoms. The molecule has 1 aliphatic rings. The van der Waals surface area contributed by atoms with Crippen LogP contribution in [0.1, 0.15) is 18.1 Å². The summed E-state index contributed by atoms with van der Waals surface area (Å²) in [4.78, 5) is 15.0. The van der Waals surface area contributed by atoms with Gasteiger partial charge in [0.05, 0.1) is 6.07 Å². The predicted octanol–water partition coefficient (Wildman–Crippen LogP) is 1.21. The van der Waals surface area contributed by atoms with Gasteiger partial charge in [-0.2, -0.15) is 5.26 Å². The number of hydrogen-bond donors (Lipinski definition) is 0. The number of nitriles is 1. The van der Waals surface area contributed by atoms with Crippen molar-refractivity contribution < 1.29 is 9.53 Å². The highest BCUT2D eigenvalue weighted by molar-refractivity contribution is 5.77. The van der Waals surface area contributed by atoms with E-state index in [1.54, 1.807) is 24.5 Å². The molecule has 70 valence electrons. The zero-order chi connectivity index (χ0) is 9.97. The van der Waals surface area contributed by atoms with Crippen molar-refractivity contribution >= 4 is 5.97 Å². The fourth-order valence-electron chi connectivity index (χ4n) is 1.47. The Labute approximate surface area is 81.1 Å². The van der Waals surface area contributed by atoms with Gasteiger partial charge >= 0.3 is 5.97 Å². The molecule has 0 aromatic carbocycles. The number of hydrogen-bond acceptors (Lipinski definition) is 4. The Balaban J connectivity index is 2.18. The first kappa shape index (κ1) is 8.70. The molecule has 0 amide bonds. The van der Waals surface area contributed by atoms with Crippen LogP contribution in [0.15, 0.2) is 24.5 Å². The molecule has 4 heteroatoms. The lowest BCUT2D eigenvalue weighted by molar-refractivity contribution is -0.143. The largest absolute Gasteiger partial charge is 0.456 e. The van der Waals surface area contributed by atoms with Crippen LogP contribution in [0.2, 0.25) is 0 Å². The highest BCUT2D eigenvalue weighted by atomic mass is 16.5. The van der Waals surface area contributed by atoms with Gasteiger partial charge in [0.1, 0.15) is 12.0 Å². The Hall–Kier alpha value is -1.89. The molecular weight excluding hydrogens is 180 g/mol. The maximum atomic E-state index is 11.1. The second-order valence-corrected chi connectivity index (χ2v) is 3.12. The maximum Gasteiger partial charge on any atom is 0.324 e. The molecule has 0 bridgehead atoms. The van der Waals surface area contributed by atoms with Gasteiger partial charge in [-0.25, -0.2) is 0 Å². The van der Waals surface area contributed by atoms with Gasteiger partial charge in [-0.05, 0) is 17.7 Å². The smallest absolute Gasteiger partial charge is 0.324 e. The molecule has 4 nitrogen and oxygen atoms in total. The van der Waals surface area contributed by atoms with E-state index in [0.29, 0.717) is 6.42 Å². The SMILES string of the molecule is N#CC1CC(c2ccncc2)OC1=O. The van der Waals surface area contributed by atoms with Crippen molar-refractivity contribution in [2.75, 3.05) is 0 Å². The summed E-state index contributed by atoms with van der Waals surface area (Å²) in [6.07, 6.45) is 3.45. The molecule has 14 heavy (non-hydrogen) atoms. The van der Waals surface area contributed by atoms with Crippen LogP contribution in [0.3, 0.4) is 0 Å². The number of esters is 1. The zero-order valence-electron chi connectivity index (χ0n) is 7.38. The van der Waals surface area contributed by atoms with E-state index in [1.165, 1.54) is 0 Å². The van der Waals surface area contributed by atoms with Crippen LogP contribution < -0.4 is 0 Å². The summed E-state index contributed by atoms with van der Waals surface area (Å²) in [5, 5.41) is 8.64. The highest BCUT2D eigenvalue weighted by Gasteiger charge is 2.35. The third-order valence-corrected chi connectivity index (χ3v) is 2.23. The Kier molecular flexibility index (Phi) is 2.15. The van der Waals surface area contributed by atoms with Crippen molar-refractivity contribution in [2.24, 2.45) is 5.92 Å². The molecule has 2 atom stereocenters. The summed E-state index contributed by atoms with van der Waals surface area (Å²) in [6.45, 7) is 0. The van der Waals surface area contributed by atoms with Crippen molar-refractivity contribution in [3.63, 3.8) is 0 Å². The van der Waals surface area contributed by atoms with E-state index < -0.39 is 11.9 Å². The van der Waals surface area contributed by atoms with Crippen molar-refractivity contribution in [1.29, 1.82) is 5.26 Å². The molecular formula is C10H8N2O2. The van der Waals surface area contributed by atoms with Crippen LogP contribution in [-0.2, 0) is 9.53 Å². The van der Waals surface area contributed by atoms with E-state index in [-0.39, 0.29) is 6.10 Å². The van der Waals surface area contributed by atoms with Crippen molar-refractivity contribution in [3.8, 4) is 6.07 Å². The fraction of sp³-hybridized carbons (Fsp3) is 0.300. The summed E-state index contributed by atoms with van der Waals surface area (Å²) in [6, 6.07) is 5.50. The van der Waals surface area contributed by atoms with Gasteiger partial charge in [-0.3, -0.25) is 9.78 Å². The molecule has 0 saturated carbocycles. The van der Waals surface area contributed by atoms with Crippen LogP contribution in [0, 0.1) is 17.2 Å². The number of nitrogens with zero attached hydrogens (tertiary/aromatic N) is 2. The third kappa shape index (κ3) is 1.44. The molecule has 0 aliphatic carbocycles. The Bertz CT molecular complexity index is 383. The van der Waals surface area contributed by atoms with Crippen LogP contribution in [0.4, 0.5) is 0 Å². The summed E-state index contributed by atoms with van der Waals surface area (Å²) < 4.78 is 5.06. The number of rotatable bonds is 1. The van der Waals surface area contributed by atoms with E-state index in [0.717, 1.165) is 5.56 Å². The number of cyclic esters (lactones) is 1. The quantitative estimate of drug-likeness (QED) is 0.621. The second-order valence-electron chi connectivity index (χ2n) is 3.12. The first-order chi connectivity index (χ1) is 6.81. The Morgan fingerprint density at radius 1 is 1.50 bits per heavy atom. The molecule has 1 aliphatic heterocycles. The van der Waals surface area contributed by atoms with E-state index in [1.807, 2.05) is 6.07 Å². The Morgan fingerprint density at radius 2 is 2.21 bits per heavy atom. The van der Waals surface area contributed by atoms with Gasteiger partial charge in [-0.1, -0.05) is 0 Å². The number of carbonyl (C=O) groups excluding carboxylic acids is 1. The highest BCUT2D eigenvalue weighted by Crippen LogP contribution is 2.32. The average molecular weight is 188 g/mol. The van der Waals surface area contributed by atoms with Crippen molar-refractivity contribution in [3.05, 3.63) is 30.1 Å². The minimum atomic E-state index is -0.617. The van der Waals surface area contributed by atoms with E-state index in [4.69, 9.17) is 10.00 Å². The third-order valence-electron chi connectivity index (χ3n) is 2.23. The van der Waals surface area contributed by atoms with Crippen molar-refractivity contribution in [2.45, 2.75) is 12.5 Å². The minimum absolute atomic E-state index is 0.282. The van der Waals surface area contributed by atoms with E-state index >= 15 is 0 Å². The number of pyridine rings is 1. The average Bonchev–Trinajstić information content (AvgIpc) is 2.61. The van der Waals surface area contributed by atoms with E-state index in [9.17, 15) is 4.79 Å². The summed E-state index contributed by atoms with van der Waals surface area (Å²) in [5.41, 5.74) is 0.895. The Morgan fingerprint density at radius 3 is 2.79 bits per heavy atom. The molecule has 2 rings (SSSR count). The first-order valence-electron chi connectivity index (χ1n) is 4.31. The summed E-state index contributed by atoms with van der Waals surface area (Å²) in [5.74, 6) is -1.04. The molecule has 1 fully saturated rings. The molecule has 1 aromatic rings. The van der Waals surface area contributed by atoms with Gasteiger partial charge in [0.15, 0.2) is 0 Å². The normalized spacial score (nSPS) is 25.5. The summed E-state index contributed by atoms with van der Waals surface area (Å²) in [7, 11) is 0. The monoisotopic (exact) mass is 188 g/mol. The molecule has 2 heterocycles. The van der Waals surface area contributed by atoms with Crippen LogP contribution in [0.5, 0.6) is 0 Å². The lowest BCUT2D eigenvalue weighted by Gasteiger charge is -2.07. The molecule has 0 radical (unpaired) electrons. The molecule has 0 N–H and O–H groups in total. The lowest BCUT2D eigenvalue weighted by Crippen LogP contribution is -2.03. The zero-order valence-corrected chi connectivity index (χ0v) is 7.38. The van der Waals surface area contributed by atoms with Gasteiger partial charge < -0.3 is 4.74 Å². The maximum absolute atomic E-state index is 11.1. The van der Waals surface area contributed by atoms with Crippen LogP contribution in [-0.4, -0.2) is 11.0 Å². The van der Waals surface area contributed by atoms with Gasteiger partial charge in [0, 0.05) is 18.8 Å². The van der Waals surface area contributed by atoms with Gasteiger partial charge in [-0.15, -0.1) is 0 Å². The number of ether oxygens (including phenoxy) is 1. The first-order valence-corrected chi connectivity index (χ1v) is 4.31. The summed E-state index contributed by atoms with van der Waals surface area (Å²) >= 11 is 0. The second kappa shape index (κ2) is 3.46.